The first kappa shape index (κ1) is 21.9. The van der Waals surface area contributed by atoms with Crippen molar-refractivity contribution in [3.8, 4) is 0 Å². The summed E-state index contributed by atoms with van der Waals surface area (Å²) in [6.45, 7) is 1.82. The number of aliphatic carboxylic acids is 1. The molecule has 2 amide bonds. The number of hydrogen-bond donors (Lipinski definition) is 3. The van der Waals surface area contributed by atoms with E-state index >= 15 is 0 Å². The first-order chi connectivity index (χ1) is 12.2. The number of carboxylic acids is 1. The normalized spacial score (nSPS) is 13.1. The van der Waals surface area contributed by atoms with Crippen LogP contribution in [0.4, 0.5) is 8.78 Å². The first-order valence-corrected chi connectivity index (χ1v) is 9.31. The van der Waals surface area contributed by atoms with E-state index in [1.807, 2.05) is 19.2 Å². The average Bonchev–Trinajstić information content (AvgIpc) is 2.57. The number of thioether (sulfide) groups is 1. The predicted octanol–water partition coefficient (Wildman–Crippen LogP) is 2.07. The van der Waals surface area contributed by atoms with Gasteiger partial charge in [-0.25, -0.2) is 13.6 Å². The van der Waals surface area contributed by atoms with Crippen LogP contribution in [-0.4, -0.2) is 53.4 Å². The smallest absolute Gasteiger partial charge is 0.326 e. The van der Waals surface area contributed by atoms with Gasteiger partial charge in [0.05, 0.1) is 0 Å². The molecule has 0 heterocycles. The molecule has 2 unspecified atom stereocenters. The van der Waals surface area contributed by atoms with E-state index in [1.165, 1.54) is 11.8 Å². The van der Waals surface area contributed by atoms with Gasteiger partial charge in [-0.2, -0.15) is 11.8 Å². The molecule has 0 bridgehead atoms. The highest BCUT2D eigenvalue weighted by Gasteiger charge is 2.28. The average molecular weight is 388 g/mol. The van der Waals surface area contributed by atoms with Crippen LogP contribution in [0.5, 0.6) is 0 Å². The summed E-state index contributed by atoms with van der Waals surface area (Å²) in [5.41, 5.74) is 1.22. The number of benzene rings is 1. The topological polar surface area (TPSA) is 95.5 Å². The molecule has 0 aliphatic carbocycles. The van der Waals surface area contributed by atoms with Crippen LogP contribution in [0.1, 0.15) is 28.8 Å². The summed E-state index contributed by atoms with van der Waals surface area (Å²) in [4.78, 5) is 35.7. The van der Waals surface area contributed by atoms with Crippen molar-refractivity contribution < 1.29 is 28.3 Å². The number of nitrogens with one attached hydrogen (secondary N) is 2. The van der Waals surface area contributed by atoms with Crippen molar-refractivity contribution in [1.82, 2.24) is 10.6 Å². The van der Waals surface area contributed by atoms with Crippen LogP contribution in [0.2, 0.25) is 0 Å². The van der Waals surface area contributed by atoms with E-state index in [4.69, 9.17) is 5.11 Å². The second-order valence-electron chi connectivity index (χ2n) is 5.70. The molecule has 0 saturated carbocycles. The van der Waals surface area contributed by atoms with Gasteiger partial charge in [-0.3, -0.25) is 9.59 Å². The molecule has 0 aromatic heterocycles. The fourth-order valence-corrected chi connectivity index (χ4v) is 2.68. The second kappa shape index (κ2) is 10.7. The van der Waals surface area contributed by atoms with E-state index in [0.29, 0.717) is 11.3 Å². The van der Waals surface area contributed by atoms with Gasteiger partial charge in [0, 0.05) is 12.0 Å². The Morgan fingerprint density at radius 1 is 1.19 bits per heavy atom. The van der Waals surface area contributed by atoms with Crippen LogP contribution < -0.4 is 10.6 Å². The van der Waals surface area contributed by atoms with Crippen LogP contribution >= 0.6 is 11.8 Å². The van der Waals surface area contributed by atoms with E-state index in [1.54, 1.807) is 18.2 Å². The minimum absolute atomic E-state index is 0.242. The first-order valence-electron chi connectivity index (χ1n) is 7.92. The number of amides is 2. The second-order valence-corrected chi connectivity index (χ2v) is 6.69. The molecule has 0 aliphatic rings. The molecule has 26 heavy (non-hydrogen) atoms. The Hall–Kier alpha value is -2.16. The van der Waals surface area contributed by atoms with Crippen molar-refractivity contribution in [2.24, 2.45) is 0 Å². The molecule has 9 heteroatoms. The molecule has 0 fully saturated rings. The lowest BCUT2D eigenvalue weighted by atomic mass is 10.1. The van der Waals surface area contributed by atoms with E-state index in [9.17, 15) is 23.2 Å². The number of rotatable bonds is 10. The van der Waals surface area contributed by atoms with Crippen molar-refractivity contribution >= 4 is 29.5 Å². The number of carbonyl (C=O) groups is 3. The third-order valence-electron chi connectivity index (χ3n) is 3.54. The van der Waals surface area contributed by atoms with Gasteiger partial charge in [0.1, 0.15) is 12.1 Å². The van der Waals surface area contributed by atoms with Gasteiger partial charge in [-0.05, 0) is 37.5 Å². The van der Waals surface area contributed by atoms with Gasteiger partial charge in [-0.15, -0.1) is 0 Å². The third kappa shape index (κ3) is 7.38. The number of carbonyl (C=O) groups excluding carboxylic acids is 2. The van der Waals surface area contributed by atoms with Crippen LogP contribution in [0.25, 0.3) is 0 Å². The Bertz CT molecular complexity index is 643. The molecule has 0 spiro atoms. The Kier molecular flexibility index (Phi) is 9.04. The molecule has 1 rings (SSSR count). The zero-order valence-electron chi connectivity index (χ0n) is 14.5. The van der Waals surface area contributed by atoms with Gasteiger partial charge < -0.3 is 15.7 Å². The molecule has 1 aromatic carbocycles. The van der Waals surface area contributed by atoms with Gasteiger partial charge in [0.15, 0.2) is 0 Å². The van der Waals surface area contributed by atoms with Crippen LogP contribution in [0.15, 0.2) is 24.3 Å². The van der Waals surface area contributed by atoms with Gasteiger partial charge in [0.2, 0.25) is 12.3 Å². The highest BCUT2D eigenvalue weighted by Crippen LogP contribution is 2.09. The Balaban J connectivity index is 2.85. The fraction of sp³-hybridized carbons (Fsp3) is 0.471. The van der Waals surface area contributed by atoms with Gasteiger partial charge >= 0.3 is 5.97 Å². The number of halogens is 2. The lowest BCUT2D eigenvalue weighted by molar-refractivity contribution is -0.143. The van der Waals surface area contributed by atoms with Crippen molar-refractivity contribution in [3.05, 3.63) is 35.4 Å². The Morgan fingerprint density at radius 2 is 1.88 bits per heavy atom. The monoisotopic (exact) mass is 388 g/mol. The molecule has 0 saturated heterocycles. The maximum Gasteiger partial charge on any atom is 0.326 e. The van der Waals surface area contributed by atoms with Gasteiger partial charge in [0.25, 0.3) is 5.91 Å². The molecule has 1 aromatic rings. The highest BCUT2D eigenvalue weighted by molar-refractivity contribution is 7.98. The molecule has 2 atom stereocenters. The van der Waals surface area contributed by atoms with E-state index in [-0.39, 0.29) is 6.42 Å². The quantitative estimate of drug-likeness (QED) is 0.570. The van der Waals surface area contributed by atoms with E-state index < -0.39 is 42.7 Å². The van der Waals surface area contributed by atoms with Crippen LogP contribution in [-0.2, 0) is 9.59 Å². The Labute approximate surface area is 154 Å². The van der Waals surface area contributed by atoms with Crippen molar-refractivity contribution in [2.75, 3.05) is 12.0 Å². The minimum atomic E-state index is -2.87. The summed E-state index contributed by atoms with van der Waals surface area (Å²) in [5, 5.41) is 13.6. The minimum Gasteiger partial charge on any atom is -0.480 e. The molecular formula is C17H22F2N2O4S. The molecule has 3 N–H and O–H groups in total. The van der Waals surface area contributed by atoms with E-state index in [0.717, 1.165) is 5.56 Å². The standard InChI is InChI=1S/C17H22F2N2O4S/c1-10-4-3-5-11(8-10)15(22)20-12(6-7-26-2)16(23)21-13(17(24)25)9-14(18)19/h3-5,8,12-14H,6-7,9H2,1-2H3,(H,20,22)(H,21,23)(H,24,25). The van der Waals surface area contributed by atoms with Crippen molar-refractivity contribution in [2.45, 2.75) is 38.3 Å². The largest absolute Gasteiger partial charge is 0.480 e. The number of aryl methyl sites for hydroxylation is 1. The number of alkyl halides is 2. The highest BCUT2D eigenvalue weighted by atomic mass is 32.2. The number of hydrogen-bond acceptors (Lipinski definition) is 4. The maximum atomic E-state index is 12.5. The SMILES string of the molecule is CSCCC(NC(=O)c1cccc(C)c1)C(=O)NC(CC(F)F)C(=O)O. The molecule has 6 nitrogen and oxygen atoms in total. The third-order valence-corrected chi connectivity index (χ3v) is 4.19. The summed E-state index contributed by atoms with van der Waals surface area (Å²) in [6.07, 6.45) is -1.81. The summed E-state index contributed by atoms with van der Waals surface area (Å²) in [5.74, 6) is -2.31. The Morgan fingerprint density at radius 3 is 2.42 bits per heavy atom. The lowest BCUT2D eigenvalue weighted by Gasteiger charge is -2.21. The van der Waals surface area contributed by atoms with Crippen LogP contribution in [0, 0.1) is 6.92 Å². The zero-order chi connectivity index (χ0) is 19.7. The molecule has 0 aliphatic heterocycles. The molecule has 144 valence electrons. The summed E-state index contributed by atoms with van der Waals surface area (Å²) >= 11 is 1.44. The zero-order valence-corrected chi connectivity index (χ0v) is 15.3. The van der Waals surface area contributed by atoms with E-state index in [2.05, 4.69) is 10.6 Å². The lowest BCUT2D eigenvalue weighted by Crippen LogP contribution is -2.52. The summed E-state index contributed by atoms with van der Waals surface area (Å²) in [7, 11) is 0. The fourth-order valence-electron chi connectivity index (χ4n) is 2.20. The summed E-state index contributed by atoms with van der Waals surface area (Å²) < 4.78 is 25.0. The summed E-state index contributed by atoms with van der Waals surface area (Å²) in [6, 6.07) is 4.02. The maximum absolute atomic E-state index is 12.5. The predicted molar refractivity (Wildman–Crippen MR) is 95.6 cm³/mol. The van der Waals surface area contributed by atoms with Crippen molar-refractivity contribution in [3.63, 3.8) is 0 Å². The van der Waals surface area contributed by atoms with Crippen LogP contribution in [0.3, 0.4) is 0 Å². The molecule has 0 radical (unpaired) electrons. The molecular weight excluding hydrogens is 366 g/mol. The number of carboxylic acid groups (broad SMARTS) is 1. The van der Waals surface area contributed by atoms with Crippen molar-refractivity contribution in [1.29, 1.82) is 0 Å². The van der Waals surface area contributed by atoms with Gasteiger partial charge in [-0.1, -0.05) is 17.7 Å².